The Morgan fingerprint density at radius 3 is 2.38 bits per heavy atom. The maximum absolute atomic E-state index is 11.7. The number of amides is 1. The van der Waals surface area contributed by atoms with Gasteiger partial charge in [-0.05, 0) is 12.8 Å². The van der Waals surface area contributed by atoms with Gasteiger partial charge in [-0.2, -0.15) is 0 Å². The zero-order chi connectivity index (χ0) is 12.6. The highest BCUT2D eigenvalue weighted by atomic mass is 16.4. The molecule has 0 aromatic carbocycles. The number of carboxylic acids is 1. The minimum Gasteiger partial charge on any atom is -0.481 e. The van der Waals surface area contributed by atoms with E-state index in [0.717, 1.165) is 12.8 Å². The number of rotatable bonds is 8. The third-order valence-corrected chi connectivity index (χ3v) is 2.55. The summed E-state index contributed by atoms with van der Waals surface area (Å²) in [5.74, 6) is -1.22. The second-order valence-electron chi connectivity index (χ2n) is 3.93. The van der Waals surface area contributed by atoms with E-state index in [1.165, 1.54) is 0 Å². The summed E-state index contributed by atoms with van der Waals surface area (Å²) in [4.78, 5) is 22.3. The Bertz CT molecular complexity index is 231. The molecule has 0 aliphatic rings. The largest absolute Gasteiger partial charge is 0.481 e. The second kappa shape index (κ2) is 8.10. The molecule has 0 aliphatic heterocycles. The summed E-state index contributed by atoms with van der Waals surface area (Å²) >= 11 is 0. The lowest BCUT2D eigenvalue weighted by atomic mass is 10.0. The Morgan fingerprint density at radius 2 is 2.00 bits per heavy atom. The van der Waals surface area contributed by atoms with E-state index >= 15 is 0 Å². The lowest BCUT2D eigenvalue weighted by Gasteiger charge is -2.19. The van der Waals surface area contributed by atoms with E-state index in [2.05, 4.69) is 5.32 Å². The van der Waals surface area contributed by atoms with Crippen LogP contribution in [0.4, 0.5) is 0 Å². The van der Waals surface area contributed by atoms with Crippen molar-refractivity contribution in [1.82, 2.24) is 5.32 Å². The van der Waals surface area contributed by atoms with Crippen molar-refractivity contribution >= 4 is 11.9 Å². The van der Waals surface area contributed by atoms with Crippen molar-refractivity contribution in [2.75, 3.05) is 6.54 Å². The van der Waals surface area contributed by atoms with E-state index < -0.39 is 5.97 Å². The van der Waals surface area contributed by atoms with Gasteiger partial charge in [0, 0.05) is 12.6 Å². The number of carbonyl (C=O) groups is 2. The monoisotopic (exact) mass is 230 g/mol. The van der Waals surface area contributed by atoms with Crippen LogP contribution in [0.3, 0.4) is 0 Å². The molecule has 1 amide bonds. The van der Waals surface area contributed by atoms with Crippen molar-refractivity contribution in [2.24, 2.45) is 11.7 Å². The fourth-order valence-corrected chi connectivity index (χ4v) is 1.53. The molecule has 5 heteroatoms. The van der Waals surface area contributed by atoms with Gasteiger partial charge < -0.3 is 16.2 Å². The van der Waals surface area contributed by atoms with Crippen LogP contribution in [0, 0.1) is 5.92 Å². The zero-order valence-electron chi connectivity index (χ0n) is 10.0. The molecule has 94 valence electrons. The minimum absolute atomic E-state index is 0.0361. The van der Waals surface area contributed by atoms with Gasteiger partial charge in [-0.25, -0.2) is 0 Å². The number of nitrogens with one attached hydrogen (secondary N) is 1. The number of hydrogen-bond donors (Lipinski definition) is 3. The highest BCUT2D eigenvalue weighted by molar-refractivity contribution is 5.80. The zero-order valence-corrected chi connectivity index (χ0v) is 10.0. The third-order valence-electron chi connectivity index (χ3n) is 2.55. The average molecular weight is 230 g/mol. The summed E-state index contributed by atoms with van der Waals surface area (Å²) in [7, 11) is 0. The minimum atomic E-state index is -0.896. The van der Waals surface area contributed by atoms with Gasteiger partial charge in [0.25, 0.3) is 0 Å². The number of carbonyl (C=O) groups excluding carboxylic acids is 1. The van der Waals surface area contributed by atoms with Gasteiger partial charge in [0.1, 0.15) is 0 Å². The Kier molecular flexibility index (Phi) is 7.54. The van der Waals surface area contributed by atoms with Crippen molar-refractivity contribution in [1.29, 1.82) is 0 Å². The van der Waals surface area contributed by atoms with Crippen LogP contribution in [0.15, 0.2) is 0 Å². The van der Waals surface area contributed by atoms with E-state index in [1.807, 2.05) is 13.8 Å². The molecule has 5 nitrogen and oxygen atoms in total. The summed E-state index contributed by atoms with van der Waals surface area (Å²) < 4.78 is 0. The number of nitrogens with two attached hydrogens (primary N) is 1. The van der Waals surface area contributed by atoms with Gasteiger partial charge in [0.2, 0.25) is 5.91 Å². The van der Waals surface area contributed by atoms with Gasteiger partial charge in [-0.15, -0.1) is 0 Å². The van der Waals surface area contributed by atoms with Crippen LogP contribution in [-0.4, -0.2) is 29.6 Å². The topological polar surface area (TPSA) is 92.4 Å². The van der Waals surface area contributed by atoms with E-state index in [-0.39, 0.29) is 24.3 Å². The quantitative estimate of drug-likeness (QED) is 0.573. The van der Waals surface area contributed by atoms with Gasteiger partial charge in [-0.3, -0.25) is 9.59 Å². The van der Waals surface area contributed by atoms with Crippen molar-refractivity contribution in [3.63, 3.8) is 0 Å². The van der Waals surface area contributed by atoms with Crippen molar-refractivity contribution in [3.05, 3.63) is 0 Å². The van der Waals surface area contributed by atoms with Crippen molar-refractivity contribution < 1.29 is 14.7 Å². The fraction of sp³-hybridized carbons (Fsp3) is 0.818. The first-order valence-electron chi connectivity index (χ1n) is 5.77. The molecule has 2 atom stereocenters. The molecule has 16 heavy (non-hydrogen) atoms. The van der Waals surface area contributed by atoms with Crippen LogP contribution >= 0.6 is 0 Å². The Labute approximate surface area is 96.4 Å². The van der Waals surface area contributed by atoms with Crippen LogP contribution < -0.4 is 11.1 Å². The normalized spacial score (nSPS) is 14.2. The molecular formula is C11H22N2O3. The second-order valence-corrected chi connectivity index (χ2v) is 3.93. The lowest BCUT2D eigenvalue weighted by Crippen LogP contribution is -2.42. The van der Waals surface area contributed by atoms with E-state index in [4.69, 9.17) is 10.8 Å². The molecule has 0 saturated carbocycles. The highest BCUT2D eigenvalue weighted by Gasteiger charge is 2.20. The van der Waals surface area contributed by atoms with E-state index in [9.17, 15) is 9.59 Å². The SMILES string of the molecule is CCCC(CN)C(=O)NC(CC)CC(=O)O. The first-order valence-corrected chi connectivity index (χ1v) is 5.77. The molecule has 4 N–H and O–H groups in total. The number of carboxylic acid groups (broad SMARTS) is 1. The lowest BCUT2D eigenvalue weighted by molar-refractivity contribution is -0.137. The first kappa shape index (κ1) is 14.9. The van der Waals surface area contributed by atoms with Crippen LogP contribution in [0.5, 0.6) is 0 Å². The Hall–Kier alpha value is -1.10. The summed E-state index contributed by atoms with van der Waals surface area (Å²) in [6.45, 7) is 4.15. The summed E-state index contributed by atoms with van der Waals surface area (Å²) in [5, 5.41) is 11.4. The molecule has 0 bridgehead atoms. The van der Waals surface area contributed by atoms with Gasteiger partial charge in [0.05, 0.1) is 12.3 Å². The molecule has 0 aromatic heterocycles. The predicted octanol–water partition coefficient (Wildman–Crippen LogP) is 0.731. The fourth-order valence-electron chi connectivity index (χ4n) is 1.53. The maximum Gasteiger partial charge on any atom is 0.305 e. The van der Waals surface area contributed by atoms with Gasteiger partial charge in [-0.1, -0.05) is 20.3 Å². The van der Waals surface area contributed by atoms with Crippen LogP contribution in [0.2, 0.25) is 0 Å². The molecule has 2 unspecified atom stereocenters. The summed E-state index contributed by atoms with van der Waals surface area (Å²) in [6, 6.07) is -0.295. The molecule has 0 rings (SSSR count). The van der Waals surface area contributed by atoms with Crippen molar-refractivity contribution in [2.45, 2.75) is 45.6 Å². The van der Waals surface area contributed by atoms with Crippen LogP contribution in [0.25, 0.3) is 0 Å². The highest BCUT2D eigenvalue weighted by Crippen LogP contribution is 2.06. The van der Waals surface area contributed by atoms with E-state index in [1.54, 1.807) is 0 Å². The van der Waals surface area contributed by atoms with Crippen LogP contribution in [0.1, 0.15) is 39.5 Å². The molecule has 0 saturated heterocycles. The average Bonchev–Trinajstić information content (AvgIpc) is 2.23. The molecule has 0 heterocycles. The first-order chi connectivity index (χ1) is 7.54. The maximum atomic E-state index is 11.7. The smallest absolute Gasteiger partial charge is 0.305 e. The standard InChI is InChI=1S/C11H22N2O3/c1-3-5-8(7-12)11(16)13-9(4-2)6-10(14)15/h8-9H,3-7,12H2,1-2H3,(H,13,16)(H,14,15). The summed E-state index contributed by atoms with van der Waals surface area (Å²) in [6.07, 6.45) is 2.21. The molecule has 0 fully saturated rings. The van der Waals surface area contributed by atoms with E-state index in [0.29, 0.717) is 13.0 Å². The van der Waals surface area contributed by atoms with Gasteiger partial charge in [0.15, 0.2) is 0 Å². The third kappa shape index (κ3) is 5.70. The summed E-state index contributed by atoms with van der Waals surface area (Å²) in [5.41, 5.74) is 5.50. The molecule has 0 spiro atoms. The van der Waals surface area contributed by atoms with Crippen molar-refractivity contribution in [3.8, 4) is 0 Å². The molecule has 0 aromatic rings. The number of hydrogen-bond acceptors (Lipinski definition) is 3. The van der Waals surface area contributed by atoms with Gasteiger partial charge >= 0.3 is 5.97 Å². The van der Waals surface area contributed by atoms with Crippen LogP contribution in [-0.2, 0) is 9.59 Å². The molecular weight excluding hydrogens is 208 g/mol. The molecule has 0 radical (unpaired) electrons. The Balaban J connectivity index is 4.21. The predicted molar refractivity (Wildman–Crippen MR) is 61.9 cm³/mol. The molecule has 0 aliphatic carbocycles. The Morgan fingerprint density at radius 1 is 1.38 bits per heavy atom. The number of aliphatic carboxylic acids is 1.